The zero-order chi connectivity index (χ0) is 11.4. The number of benzene rings is 1. The lowest BCUT2D eigenvalue weighted by Crippen LogP contribution is -2.11. The molecule has 0 spiro atoms. The molecule has 4 heteroatoms. The van der Waals surface area contributed by atoms with Crippen molar-refractivity contribution in [2.75, 3.05) is 20.8 Å². The van der Waals surface area contributed by atoms with Crippen LogP contribution in [0.4, 0.5) is 0 Å². The number of hydrogen-bond acceptors (Lipinski definition) is 3. The van der Waals surface area contributed by atoms with Gasteiger partial charge in [0.1, 0.15) is 11.5 Å². The summed E-state index contributed by atoms with van der Waals surface area (Å²) in [7, 11) is 3.29. The third kappa shape index (κ3) is 2.63. The van der Waals surface area contributed by atoms with Crippen LogP contribution >= 0.6 is 15.9 Å². The first kappa shape index (κ1) is 12.3. The highest BCUT2D eigenvalue weighted by molar-refractivity contribution is 9.10. The van der Waals surface area contributed by atoms with Crippen LogP contribution in [0.1, 0.15) is 18.4 Å². The summed E-state index contributed by atoms with van der Waals surface area (Å²) in [6.45, 7) is 2.61. The lowest BCUT2D eigenvalue weighted by atomic mass is 9.99. The van der Waals surface area contributed by atoms with Gasteiger partial charge >= 0.3 is 0 Å². The van der Waals surface area contributed by atoms with Crippen LogP contribution in [0, 0.1) is 0 Å². The fourth-order valence-corrected chi connectivity index (χ4v) is 1.93. The van der Waals surface area contributed by atoms with Crippen LogP contribution < -0.4 is 15.2 Å². The first-order valence-corrected chi connectivity index (χ1v) is 5.54. The van der Waals surface area contributed by atoms with Crippen LogP contribution in [0.2, 0.25) is 0 Å². The Morgan fingerprint density at radius 2 is 1.73 bits per heavy atom. The topological polar surface area (TPSA) is 44.5 Å². The van der Waals surface area contributed by atoms with Crippen molar-refractivity contribution >= 4 is 15.9 Å². The summed E-state index contributed by atoms with van der Waals surface area (Å²) in [6.07, 6.45) is 0. The highest BCUT2D eigenvalue weighted by Gasteiger charge is 2.16. The van der Waals surface area contributed by atoms with Gasteiger partial charge in [-0.1, -0.05) is 22.9 Å². The van der Waals surface area contributed by atoms with Crippen LogP contribution in [-0.4, -0.2) is 20.8 Å². The largest absolute Gasteiger partial charge is 0.496 e. The second kappa shape index (κ2) is 5.37. The van der Waals surface area contributed by atoms with Gasteiger partial charge in [0.15, 0.2) is 0 Å². The molecule has 0 aliphatic rings. The smallest absolute Gasteiger partial charge is 0.127 e. The van der Waals surface area contributed by atoms with Gasteiger partial charge in [0.2, 0.25) is 0 Å². The highest BCUT2D eigenvalue weighted by atomic mass is 79.9. The molecule has 3 nitrogen and oxygen atoms in total. The SMILES string of the molecule is COc1cc(Br)cc(OC)c1C(C)CN. The van der Waals surface area contributed by atoms with Crippen molar-refractivity contribution in [3.8, 4) is 11.5 Å². The van der Waals surface area contributed by atoms with E-state index in [1.165, 1.54) is 0 Å². The molecular formula is C11H16BrNO2. The van der Waals surface area contributed by atoms with Crippen molar-refractivity contribution in [3.05, 3.63) is 22.2 Å². The molecule has 0 amide bonds. The Kier molecular flexibility index (Phi) is 4.42. The molecule has 1 unspecified atom stereocenters. The molecule has 2 N–H and O–H groups in total. The van der Waals surface area contributed by atoms with Crippen LogP contribution in [0.25, 0.3) is 0 Å². The first-order valence-electron chi connectivity index (χ1n) is 4.75. The van der Waals surface area contributed by atoms with Gasteiger partial charge in [-0.15, -0.1) is 0 Å². The van der Waals surface area contributed by atoms with E-state index in [-0.39, 0.29) is 5.92 Å². The molecule has 1 rings (SSSR count). The first-order chi connectivity index (χ1) is 7.13. The summed E-state index contributed by atoms with van der Waals surface area (Å²) >= 11 is 3.41. The lowest BCUT2D eigenvalue weighted by molar-refractivity contribution is 0.380. The van der Waals surface area contributed by atoms with E-state index in [1.807, 2.05) is 19.1 Å². The molecule has 0 aliphatic carbocycles. The molecule has 1 atom stereocenters. The molecule has 84 valence electrons. The van der Waals surface area contributed by atoms with E-state index in [4.69, 9.17) is 15.2 Å². The van der Waals surface area contributed by atoms with Crippen molar-refractivity contribution < 1.29 is 9.47 Å². The molecule has 15 heavy (non-hydrogen) atoms. The van der Waals surface area contributed by atoms with Gasteiger partial charge in [-0.2, -0.15) is 0 Å². The predicted molar refractivity (Wildman–Crippen MR) is 64.7 cm³/mol. The maximum absolute atomic E-state index is 5.67. The molecular weight excluding hydrogens is 258 g/mol. The van der Waals surface area contributed by atoms with Crippen LogP contribution in [0.3, 0.4) is 0 Å². The summed E-state index contributed by atoms with van der Waals surface area (Å²) in [4.78, 5) is 0. The van der Waals surface area contributed by atoms with Gasteiger partial charge in [0.05, 0.1) is 14.2 Å². The Labute approximate surface area is 98.7 Å². The predicted octanol–water partition coefficient (Wildman–Crippen LogP) is 2.53. The third-order valence-corrected chi connectivity index (χ3v) is 2.81. The summed E-state index contributed by atoms with van der Waals surface area (Å²) in [6, 6.07) is 3.84. The number of methoxy groups -OCH3 is 2. The lowest BCUT2D eigenvalue weighted by Gasteiger charge is -2.18. The van der Waals surface area contributed by atoms with E-state index in [0.717, 1.165) is 21.5 Å². The molecule has 0 bridgehead atoms. The van der Waals surface area contributed by atoms with Gasteiger partial charge in [0.25, 0.3) is 0 Å². The van der Waals surface area contributed by atoms with E-state index in [0.29, 0.717) is 6.54 Å². The van der Waals surface area contributed by atoms with Crippen molar-refractivity contribution in [2.24, 2.45) is 5.73 Å². The molecule has 0 aromatic heterocycles. The minimum atomic E-state index is 0.211. The third-order valence-electron chi connectivity index (χ3n) is 2.36. The minimum absolute atomic E-state index is 0.211. The fraction of sp³-hybridized carbons (Fsp3) is 0.455. The normalized spacial score (nSPS) is 12.3. The Hall–Kier alpha value is -0.740. The van der Waals surface area contributed by atoms with E-state index in [2.05, 4.69) is 15.9 Å². The maximum atomic E-state index is 5.67. The van der Waals surface area contributed by atoms with Gasteiger partial charge in [-0.25, -0.2) is 0 Å². The second-order valence-corrected chi connectivity index (χ2v) is 4.28. The van der Waals surface area contributed by atoms with Gasteiger partial charge in [-0.3, -0.25) is 0 Å². The zero-order valence-corrected chi connectivity index (χ0v) is 10.8. The summed E-state index contributed by atoms with van der Waals surface area (Å²) in [5.74, 6) is 1.82. The van der Waals surface area contributed by atoms with Gasteiger partial charge < -0.3 is 15.2 Å². The highest BCUT2D eigenvalue weighted by Crippen LogP contribution is 2.37. The number of halogens is 1. The molecule has 1 aromatic carbocycles. The Morgan fingerprint density at radius 1 is 1.27 bits per heavy atom. The Balaban J connectivity index is 3.30. The molecule has 0 radical (unpaired) electrons. The standard InChI is InChI=1S/C11H16BrNO2/c1-7(6-13)11-9(14-2)4-8(12)5-10(11)15-3/h4-5,7H,6,13H2,1-3H3. The number of rotatable bonds is 4. The summed E-state index contributed by atoms with van der Waals surface area (Å²) < 4.78 is 11.6. The Bertz CT molecular complexity index is 316. The van der Waals surface area contributed by atoms with E-state index >= 15 is 0 Å². The van der Waals surface area contributed by atoms with Crippen molar-refractivity contribution in [1.82, 2.24) is 0 Å². The van der Waals surface area contributed by atoms with E-state index in [1.54, 1.807) is 14.2 Å². The van der Waals surface area contributed by atoms with Crippen LogP contribution in [0.5, 0.6) is 11.5 Å². The average molecular weight is 274 g/mol. The number of ether oxygens (including phenoxy) is 2. The number of hydrogen-bond donors (Lipinski definition) is 1. The summed E-state index contributed by atoms with van der Waals surface area (Å²) in [5.41, 5.74) is 6.69. The molecule has 1 aromatic rings. The van der Waals surface area contributed by atoms with Crippen molar-refractivity contribution in [1.29, 1.82) is 0 Å². The van der Waals surface area contributed by atoms with Gasteiger partial charge in [0, 0.05) is 16.0 Å². The number of nitrogens with two attached hydrogens (primary N) is 1. The molecule has 0 fully saturated rings. The summed E-state index contributed by atoms with van der Waals surface area (Å²) in [5, 5.41) is 0. The molecule has 0 heterocycles. The molecule has 0 saturated carbocycles. The second-order valence-electron chi connectivity index (χ2n) is 3.36. The van der Waals surface area contributed by atoms with Crippen molar-refractivity contribution in [3.63, 3.8) is 0 Å². The van der Waals surface area contributed by atoms with E-state index < -0.39 is 0 Å². The Morgan fingerprint density at radius 3 is 2.07 bits per heavy atom. The maximum Gasteiger partial charge on any atom is 0.127 e. The van der Waals surface area contributed by atoms with Crippen LogP contribution in [-0.2, 0) is 0 Å². The zero-order valence-electron chi connectivity index (χ0n) is 9.21. The van der Waals surface area contributed by atoms with Gasteiger partial charge in [-0.05, 0) is 18.7 Å². The minimum Gasteiger partial charge on any atom is -0.496 e. The quantitative estimate of drug-likeness (QED) is 0.917. The van der Waals surface area contributed by atoms with Crippen molar-refractivity contribution in [2.45, 2.75) is 12.8 Å². The molecule has 0 aliphatic heterocycles. The monoisotopic (exact) mass is 273 g/mol. The van der Waals surface area contributed by atoms with E-state index in [9.17, 15) is 0 Å². The van der Waals surface area contributed by atoms with Crippen LogP contribution in [0.15, 0.2) is 16.6 Å². The fourth-order valence-electron chi connectivity index (χ4n) is 1.51. The molecule has 0 saturated heterocycles. The average Bonchev–Trinajstić information content (AvgIpc) is 2.26.